The van der Waals surface area contributed by atoms with Gasteiger partial charge in [-0.3, -0.25) is 19.5 Å². The molecule has 29 heavy (non-hydrogen) atoms. The monoisotopic (exact) mass is 395 g/mol. The van der Waals surface area contributed by atoms with Gasteiger partial charge >= 0.3 is 0 Å². The van der Waals surface area contributed by atoms with Crippen LogP contribution in [-0.2, 0) is 17.8 Å². The second-order valence-corrected chi connectivity index (χ2v) is 6.92. The van der Waals surface area contributed by atoms with E-state index in [9.17, 15) is 14.4 Å². The van der Waals surface area contributed by atoms with Gasteiger partial charge in [0.15, 0.2) is 0 Å². The molecule has 0 saturated heterocycles. The zero-order chi connectivity index (χ0) is 20.4. The van der Waals surface area contributed by atoms with Crippen molar-refractivity contribution < 1.29 is 14.3 Å². The number of aromatic amines is 1. The second-order valence-electron chi connectivity index (χ2n) is 6.92. The standard InChI is InChI=1S/C21H21N3O5/c1-28-15-6-7-18-13(11-15)10-14(12-29-18)19(25)22-8-9-24-21(27)17-5-3-2-4-16(17)20(26)23-24/h2-7,11,14H,8-10,12H2,1H3,(H,22,25)(H,23,26)/t14-/m0/s1. The van der Waals surface area contributed by atoms with Crippen molar-refractivity contribution >= 4 is 16.7 Å². The smallest absolute Gasteiger partial charge is 0.273 e. The van der Waals surface area contributed by atoms with Crippen LogP contribution in [0.1, 0.15) is 5.56 Å². The number of hydrogen-bond acceptors (Lipinski definition) is 5. The number of aromatic nitrogens is 2. The van der Waals surface area contributed by atoms with Crippen molar-refractivity contribution in [3.8, 4) is 11.5 Å². The molecule has 0 unspecified atom stereocenters. The zero-order valence-electron chi connectivity index (χ0n) is 15.9. The van der Waals surface area contributed by atoms with Crippen molar-refractivity contribution in [2.75, 3.05) is 20.3 Å². The van der Waals surface area contributed by atoms with E-state index < -0.39 is 0 Å². The van der Waals surface area contributed by atoms with E-state index in [0.29, 0.717) is 22.9 Å². The van der Waals surface area contributed by atoms with Crippen LogP contribution in [0.25, 0.3) is 10.8 Å². The summed E-state index contributed by atoms with van der Waals surface area (Å²) in [5.74, 6) is 0.986. The van der Waals surface area contributed by atoms with Crippen LogP contribution >= 0.6 is 0 Å². The largest absolute Gasteiger partial charge is 0.497 e. The maximum absolute atomic E-state index is 12.5. The third-order valence-corrected chi connectivity index (χ3v) is 5.06. The number of ether oxygens (including phenoxy) is 2. The number of hydrogen-bond donors (Lipinski definition) is 2. The minimum atomic E-state index is -0.335. The quantitative estimate of drug-likeness (QED) is 0.673. The van der Waals surface area contributed by atoms with Crippen LogP contribution in [-0.4, -0.2) is 35.9 Å². The van der Waals surface area contributed by atoms with Crippen LogP contribution in [0.3, 0.4) is 0 Å². The molecule has 4 rings (SSSR count). The highest BCUT2D eigenvalue weighted by Crippen LogP contribution is 2.30. The normalized spacial score (nSPS) is 15.4. The average molecular weight is 395 g/mol. The van der Waals surface area contributed by atoms with Gasteiger partial charge in [0.2, 0.25) is 5.91 Å². The number of carbonyl (C=O) groups is 1. The Morgan fingerprint density at radius 3 is 2.83 bits per heavy atom. The molecule has 1 aliphatic heterocycles. The summed E-state index contributed by atoms with van der Waals surface area (Å²) in [6, 6.07) is 12.2. The first-order chi connectivity index (χ1) is 14.1. The SMILES string of the molecule is COc1ccc2c(c1)C[C@H](C(=O)NCCn1[nH]c(=O)c3ccccc3c1=O)CO2. The Kier molecular flexibility index (Phi) is 5.07. The highest BCUT2D eigenvalue weighted by atomic mass is 16.5. The molecule has 2 heterocycles. The molecule has 0 radical (unpaired) electrons. The molecule has 0 saturated carbocycles. The zero-order valence-corrected chi connectivity index (χ0v) is 15.9. The first-order valence-corrected chi connectivity index (χ1v) is 9.36. The fraction of sp³-hybridized carbons (Fsp3) is 0.286. The highest BCUT2D eigenvalue weighted by molar-refractivity contribution is 5.80. The van der Waals surface area contributed by atoms with E-state index in [4.69, 9.17) is 9.47 Å². The van der Waals surface area contributed by atoms with Gasteiger partial charge in [0.1, 0.15) is 18.1 Å². The molecule has 1 aliphatic rings. The van der Waals surface area contributed by atoms with Crippen LogP contribution in [0.5, 0.6) is 11.5 Å². The summed E-state index contributed by atoms with van der Waals surface area (Å²) >= 11 is 0. The summed E-state index contributed by atoms with van der Waals surface area (Å²) in [5.41, 5.74) is 0.292. The molecular weight excluding hydrogens is 374 g/mol. The molecule has 1 atom stereocenters. The fourth-order valence-corrected chi connectivity index (χ4v) is 3.51. The number of rotatable bonds is 5. The van der Waals surface area contributed by atoms with Crippen LogP contribution in [0.2, 0.25) is 0 Å². The number of methoxy groups -OCH3 is 1. The summed E-state index contributed by atoms with van der Waals surface area (Å²) in [4.78, 5) is 37.2. The lowest BCUT2D eigenvalue weighted by Crippen LogP contribution is -2.40. The van der Waals surface area contributed by atoms with Crippen LogP contribution in [0.15, 0.2) is 52.1 Å². The summed E-state index contributed by atoms with van der Waals surface area (Å²) in [7, 11) is 1.59. The Balaban J connectivity index is 1.41. The molecule has 8 heteroatoms. The van der Waals surface area contributed by atoms with Crippen molar-refractivity contribution in [1.29, 1.82) is 0 Å². The molecule has 0 aliphatic carbocycles. The Labute approximate surface area is 166 Å². The molecule has 150 valence electrons. The van der Waals surface area contributed by atoms with E-state index >= 15 is 0 Å². The van der Waals surface area contributed by atoms with Crippen LogP contribution < -0.4 is 25.9 Å². The van der Waals surface area contributed by atoms with Crippen LogP contribution in [0.4, 0.5) is 0 Å². The number of fused-ring (bicyclic) bond motifs is 2. The number of amides is 1. The molecule has 1 aromatic heterocycles. The van der Waals surface area contributed by atoms with Gasteiger partial charge in [0, 0.05) is 6.54 Å². The van der Waals surface area contributed by atoms with E-state index in [1.54, 1.807) is 31.4 Å². The minimum absolute atomic E-state index is 0.158. The first-order valence-electron chi connectivity index (χ1n) is 9.36. The highest BCUT2D eigenvalue weighted by Gasteiger charge is 2.26. The van der Waals surface area contributed by atoms with E-state index in [-0.39, 0.29) is 42.6 Å². The van der Waals surface area contributed by atoms with Crippen molar-refractivity contribution in [2.45, 2.75) is 13.0 Å². The third-order valence-electron chi connectivity index (χ3n) is 5.06. The molecule has 3 aromatic rings. The summed E-state index contributed by atoms with van der Waals surface area (Å²) in [6.07, 6.45) is 0.547. The number of benzene rings is 2. The maximum atomic E-state index is 12.5. The molecular formula is C21H21N3O5. The maximum Gasteiger partial charge on any atom is 0.273 e. The predicted molar refractivity (Wildman–Crippen MR) is 108 cm³/mol. The van der Waals surface area contributed by atoms with Gasteiger partial charge in [-0.25, -0.2) is 4.68 Å². The molecule has 0 bridgehead atoms. The van der Waals surface area contributed by atoms with E-state index in [0.717, 1.165) is 11.3 Å². The van der Waals surface area contributed by atoms with Crippen molar-refractivity contribution in [3.63, 3.8) is 0 Å². The average Bonchev–Trinajstić information content (AvgIpc) is 2.76. The molecule has 0 fully saturated rings. The molecule has 2 N–H and O–H groups in total. The summed E-state index contributed by atoms with van der Waals surface area (Å²) in [5, 5.41) is 6.09. The molecule has 2 aromatic carbocycles. The molecule has 1 amide bonds. The fourth-order valence-electron chi connectivity index (χ4n) is 3.51. The van der Waals surface area contributed by atoms with E-state index in [1.807, 2.05) is 18.2 Å². The Morgan fingerprint density at radius 2 is 2.03 bits per heavy atom. The van der Waals surface area contributed by atoms with Crippen molar-refractivity contribution in [1.82, 2.24) is 15.1 Å². The predicted octanol–water partition coefficient (Wildman–Crippen LogP) is 1.07. The van der Waals surface area contributed by atoms with Gasteiger partial charge in [0.25, 0.3) is 11.1 Å². The van der Waals surface area contributed by atoms with Crippen molar-refractivity contribution in [3.05, 3.63) is 68.7 Å². The van der Waals surface area contributed by atoms with Gasteiger partial charge in [-0.1, -0.05) is 12.1 Å². The number of H-pyrrole nitrogens is 1. The lowest BCUT2D eigenvalue weighted by Gasteiger charge is -2.25. The van der Waals surface area contributed by atoms with Gasteiger partial charge in [-0.05, 0) is 42.3 Å². The lowest BCUT2D eigenvalue weighted by atomic mass is 9.96. The number of nitrogens with zero attached hydrogens (tertiary/aromatic N) is 1. The van der Waals surface area contributed by atoms with E-state index in [2.05, 4.69) is 10.4 Å². The Morgan fingerprint density at radius 1 is 1.24 bits per heavy atom. The third kappa shape index (κ3) is 3.73. The van der Waals surface area contributed by atoms with Gasteiger partial charge in [0.05, 0.1) is 30.3 Å². The van der Waals surface area contributed by atoms with Crippen molar-refractivity contribution in [2.24, 2.45) is 5.92 Å². The number of carbonyl (C=O) groups excluding carboxylic acids is 1. The summed E-state index contributed by atoms with van der Waals surface area (Å²) in [6.45, 7) is 0.676. The second kappa shape index (κ2) is 7.83. The number of nitrogens with one attached hydrogen (secondary N) is 2. The molecule has 8 nitrogen and oxygen atoms in total. The van der Waals surface area contributed by atoms with Gasteiger partial charge in [-0.2, -0.15) is 0 Å². The topological polar surface area (TPSA) is 102 Å². The first kappa shape index (κ1) is 18.8. The molecule has 0 spiro atoms. The van der Waals surface area contributed by atoms with Gasteiger partial charge in [-0.15, -0.1) is 0 Å². The Bertz CT molecular complexity index is 1180. The van der Waals surface area contributed by atoms with Crippen LogP contribution in [0, 0.1) is 5.92 Å². The van der Waals surface area contributed by atoms with E-state index in [1.165, 1.54) is 4.68 Å². The van der Waals surface area contributed by atoms with Gasteiger partial charge < -0.3 is 14.8 Å². The lowest BCUT2D eigenvalue weighted by molar-refractivity contribution is -0.126. The minimum Gasteiger partial charge on any atom is -0.497 e. The Hall–Kier alpha value is -3.55. The summed E-state index contributed by atoms with van der Waals surface area (Å²) < 4.78 is 12.1.